The van der Waals surface area contributed by atoms with Crippen molar-refractivity contribution >= 4 is 41.4 Å². The number of hydrogen-bond acceptors (Lipinski definition) is 10. The van der Waals surface area contributed by atoms with E-state index in [4.69, 9.17) is 16.2 Å². The molecule has 11 N–H and O–H groups in total. The van der Waals surface area contributed by atoms with Crippen molar-refractivity contribution in [2.45, 2.75) is 103 Å². The number of aliphatic imine (C=N–C) groups is 1. The van der Waals surface area contributed by atoms with Crippen molar-refractivity contribution in [2.75, 3.05) is 20.2 Å². The normalized spacial score (nSPS) is 21.0. The fourth-order valence-corrected chi connectivity index (χ4v) is 6.19. The summed E-state index contributed by atoms with van der Waals surface area (Å²) >= 11 is 0. The van der Waals surface area contributed by atoms with E-state index in [0.717, 1.165) is 0 Å². The molecule has 1 fully saturated rings. The van der Waals surface area contributed by atoms with Crippen LogP contribution in [0.1, 0.15) is 70.9 Å². The van der Waals surface area contributed by atoms with E-state index in [2.05, 4.69) is 31.6 Å². The van der Waals surface area contributed by atoms with Gasteiger partial charge in [0.2, 0.25) is 35.4 Å². The lowest BCUT2D eigenvalue weighted by Crippen LogP contribution is -2.59. The lowest BCUT2D eigenvalue weighted by atomic mass is 10.00. The zero-order chi connectivity index (χ0) is 42.2. The van der Waals surface area contributed by atoms with E-state index in [1.165, 1.54) is 44.1 Å². The molecule has 0 bridgehead atoms. The molecule has 1 aliphatic rings. The van der Waals surface area contributed by atoms with Gasteiger partial charge in [0, 0.05) is 38.1 Å². The van der Waals surface area contributed by atoms with Gasteiger partial charge in [0.1, 0.15) is 47.5 Å². The number of nitrogens with two attached hydrogens (primary N) is 2. The van der Waals surface area contributed by atoms with Crippen molar-refractivity contribution in [2.24, 2.45) is 22.4 Å². The Morgan fingerprint density at radius 1 is 0.860 bits per heavy atom. The second-order valence-corrected chi connectivity index (χ2v) is 14.3. The standard InChI is InChI=1S/C39H57N9O9/c1-22(2)33-37(55)46-31(19-25-11-14-27(50)15-12-25)36(54)44-29(10-8-18-43-39(40)41)35(53)45-30(9-6-7-17-42-24(4)49)38(56)48(23(3)34(52)47-33)21-26-13-16-28(57-5)20-32(26)51/h11-16,20,22-23,29-31,33,50-51H,6-10,17-19,21H2,1-5H3,(H,42,49)(H,44,54)(H,45,53)(H,46,55)(H,47,52)(H4,40,41,43)/t23-,29-,30-,31+,33-/m0/s1. The second kappa shape index (κ2) is 21.9. The molecule has 57 heavy (non-hydrogen) atoms. The Bertz CT molecular complexity index is 1750. The number of hydrogen-bond donors (Lipinski definition) is 9. The van der Waals surface area contributed by atoms with Gasteiger partial charge in [-0.2, -0.15) is 0 Å². The summed E-state index contributed by atoms with van der Waals surface area (Å²) in [4.78, 5) is 87.7. The zero-order valence-electron chi connectivity index (χ0n) is 33.2. The van der Waals surface area contributed by atoms with E-state index in [0.29, 0.717) is 30.7 Å². The Morgan fingerprint density at radius 3 is 2.11 bits per heavy atom. The number of methoxy groups -OCH3 is 1. The molecule has 3 rings (SSSR count). The molecule has 2 aromatic rings. The van der Waals surface area contributed by atoms with Gasteiger partial charge in [0.15, 0.2) is 5.96 Å². The summed E-state index contributed by atoms with van der Waals surface area (Å²) in [5.41, 5.74) is 11.9. The summed E-state index contributed by atoms with van der Waals surface area (Å²) < 4.78 is 5.21. The Kier molecular flexibility index (Phi) is 17.4. The van der Waals surface area contributed by atoms with Crippen molar-refractivity contribution in [3.05, 3.63) is 53.6 Å². The quantitative estimate of drug-likeness (QED) is 0.0659. The first-order chi connectivity index (χ1) is 27.0. The van der Waals surface area contributed by atoms with Crippen LogP contribution in [0.25, 0.3) is 0 Å². The fraction of sp³-hybridized carbons (Fsp3) is 0.513. The number of unbranched alkanes of at least 4 members (excludes halogenated alkanes) is 1. The Hall–Kier alpha value is -6.07. The van der Waals surface area contributed by atoms with Crippen LogP contribution in [0.2, 0.25) is 0 Å². The molecule has 1 saturated heterocycles. The number of phenolic OH excluding ortho intramolecular Hbond substituents is 2. The SMILES string of the molecule is COc1ccc(CN2C(=O)[C@H](CCCCNC(C)=O)NC(=O)[C@H](CCCN=C(N)N)NC(=O)[C@@H](Cc3ccc(O)cc3)NC(=O)[C@H](C(C)C)NC(=O)[C@@H]2C)c(O)c1. The first-order valence-electron chi connectivity index (χ1n) is 19.0. The number of nitrogens with one attached hydrogen (secondary N) is 5. The van der Waals surface area contributed by atoms with Crippen molar-refractivity contribution in [1.29, 1.82) is 0 Å². The monoisotopic (exact) mass is 795 g/mol. The highest BCUT2D eigenvalue weighted by Crippen LogP contribution is 2.26. The van der Waals surface area contributed by atoms with Gasteiger partial charge in [-0.25, -0.2) is 0 Å². The van der Waals surface area contributed by atoms with Gasteiger partial charge >= 0.3 is 0 Å². The zero-order valence-corrected chi connectivity index (χ0v) is 33.2. The van der Waals surface area contributed by atoms with E-state index in [1.807, 2.05) is 0 Å². The molecule has 312 valence electrons. The summed E-state index contributed by atoms with van der Waals surface area (Å²) in [6.45, 7) is 6.45. The number of ether oxygens (including phenoxy) is 1. The molecule has 0 aromatic heterocycles. The van der Waals surface area contributed by atoms with Gasteiger partial charge in [-0.15, -0.1) is 0 Å². The Morgan fingerprint density at radius 2 is 1.49 bits per heavy atom. The number of rotatable bonds is 15. The van der Waals surface area contributed by atoms with E-state index >= 15 is 0 Å². The lowest BCUT2D eigenvalue weighted by molar-refractivity contribution is -0.144. The lowest BCUT2D eigenvalue weighted by Gasteiger charge is -2.34. The molecule has 5 atom stereocenters. The van der Waals surface area contributed by atoms with E-state index in [-0.39, 0.29) is 67.7 Å². The first-order valence-corrected chi connectivity index (χ1v) is 19.0. The molecule has 6 amide bonds. The van der Waals surface area contributed by atoms with Gasteiger partial charge < -0.3 is 57.9 Å². The molecule has 18 heteroatoms. The molecule has 0 radical (unpaired) electrons. The number of benzene rings is 2. The number of carbonyl (C=O) groups excluding carboxylic acids is 6. The summed E-state index contributed by atoms with van der Waals surface area (Å²) in [6, 6.07) is 4.44. The minimum absolute atomic E-state index is 0.000938. The largest absolute Gasteiger partial charge is 0.508 e. The highest BCUT2D eigenvalue weighted by Gasteiger charge is 2.38. The molecular weight excluding hydrogens is 738 g/mol. The maximum absolute atomic E-state index is 14.7. The minimum atomic E-state index is -1.24. The molecule has 0 unspecified atom stereocenters. The second-order valence-electron chi connectivity index (χ2n) is 14.3. The predicted molar refractivity (Wildman–Crippen MR) is 211 cm³/mol. The number of carbonyl (C=O) groups is 6. The number of amides is 6. The van der Waals surface area contributed by atoms with Crippen molar-refractivity contribution < 1.29 is 43.7 Å². The first kappa shape index (κ1) is 45.3. The summed E-state index contributed by atoms with van der Waals surface area (Å²) in [6.07, 6.45) is 1.14. The Labute approximate surface area is 332 Å². The van der Waals surface area contributed by atoms with Crippen LogP contribution in [0.3, 0.4) is 0 Å². The molecule has 1 heterocycles. The Balaban J connectivity index is 2.14. The van der Waals surface area contributed by atoms with Crippen LogP contribution >= 0.6 is 0 Å². The predicted octanol–water partition coefficient (Wildman–Crippen LogP) is 0.0350. The number of guanidine groups is 1. The van der Waals surface area contributed by atoms with E-state index in [1.54, 1.807) is 38.1 Å². The van der Waals surface area contributed by atoms with E-state index in [9.17, 15) is 39.0 Å². The van der Waals surface area contributed by atoms with Gasteiger partial charge in [0.05, 0.1) is 13.7 Å². The summed E-state index contributed by atoms with van der Waals surface area (Å²) in [7, 11) is 1.43. The fourth-order valence-electron chi connectivity index (χ4n) is 6.19. The van der Waals surface area contributed by atoms with Crippen LogP contribution in [-0.2, 0) is 41.7 Å². The van der Waals surface area contributed by atoms with Gasteiger partial charge in [-0.3, -0.25) is 33.8 Å². The molecule has 0 spiro atoms. The molecular formula is C39H57N9O9. The number of phenols is 2. The average molecular weight is 796 g/mol. The van der Waals surface area contributed by atoms with Crippen LogP contribution in [0, 0.1) is 5.92 Å². The third-order valence-electron chi connectivity index (χ3n) is 9.51. The van der Waals surface area contributed by atoms with Crippen molar-refractivity contribution in [1.82, 2.24) is 31.5 Å². The topological polar surface area (TPSA) is 280 Å². The highest BCUT2D eigenvalue weighted by atomic mass is 16.5. The maximum atomic E-state index is 14.7. The molecule has 0 saturated carbocycles. The average Bonchev–Trinajstić information content (AvgIpc) is 3.16. The minimum Gasteiger partial charge on any atom is -0.508 e. The molecule has 2 aromatic carbocycles. The molecule has 0 aliphatic carbocycles. The molecule has 1 aliphatic heterocycles. The van der Waals surface area contributed by atoms with Crippen molar-refractivity contribution in [3.8, 4) is 17.2 Å². The van der Waals surface area contributed by atoms with Crippen molar-refractivity contribution in [3.63, 3.8) is 0 Å². The smallest absolute Gasteiger partial charge is 0.246 e. The number of aromatic hydroxyl groups is 2. The van der Waals surface area contributed by atoms with E-state index < -0.39 is 65.7 Å². The van der Waals surface area contributed by atoms with Crippen LogP contribution in [0.5, 0.6) is 17.2 Å². The number of nitrogens with zero attached hydrogens (tertiary/aromatic N) is 2. The van der Waals surface area contributed by atoms with Gasteiger partial charge in [-0.05, 0) is 74.8 Å². The van der Waals surface area contributed by atoms with Crippen LogP contribution < -0.4 is 42.8 Å². The maximum Gasteiger partial charge on any atom is 0.246 e. The third-order valence-corrected chi connectivity index (χ3v) is 9.51. The van der Waals surface area contributed by atoms with Crippen LogP contribution in [0.4, 0.5) is 0 Å². The van der Waals surface area contributed by atoms with Gasteiger partial charge in [0.25, 0.3) is 0 Å². The summed E-state index contributed by atoms with van der Waals surface area (Å²) in [5, 5.41) is 34.5. The van der Waals surface area contributed by atoms with Crippen LogP contribution in [-0.4, -0.2) is 107 Å². The van der Waals surface area contributed by atoms with Gasteiger partial charge in [-0.1, -0.05) is 26.0 Å². The third kappa shape index (κ3) is 14.2. The van der Waals surface area contributed by atoms with Crippen LogP contribution in [0.15, 0.2) is 47.5 Å². The molecule has 18 nitrogen and oxygen atoms in total. The summed E-state index contributed by atoms with van der Waals surface area (Å²) in [5.74, 6) is -4.21. The highest BCUT2D eigenvalue weighted by molar-refractivity contribution is 5.98.